The second kappa shape index (κ2) is 7.05. The standard InChI is InChI=1S/C21H23N5O3/c1-12(2)25-19(22)18(20-23-16-7-5-6-8-17(16)24-20)21(27)26(25)13-9-14(28-3)11-15(10-13)29-4/h5-12H,22H2,1-4H3,(H,23,24). The monoisotopic (exact) mass is 393 g/mol. The summed E-state index contributed by atoms with van der Waals surface area (Å²) in [6, 6.07) is 12.8. The summed E-state index contributed by atoms with van der Waals surface area (Å²) in [6.45, 7) is 3.93. The Morgan fingerprint density at radius 1 is 1.07 bits per heavy atom. The van der Waals surface area contributed by atoms with Crippen LogP contribution in [0.5, 0.6) is 11.5 Å². The van der Waals surface area contributed by atoms with E-state index in [9.17, 15) is 4.79 Å². The number of aromatic amines is 1. The Morgan fingerprint density at radius 2 is 1.72 bits per heavy atom. The fourth-order valence-corrected chi connectivity index (χ4v) is 3.49. The minimum absolute atomic E-state index is 0.0713. The molecule has 29 heavy (non-hydrogen) atoms. The first kappa shape index (κ1) is 18.7. The summed E-state index contributed by atoms with van der Waals surface area (Å²) >= 11 is 0. The predicted octanol–water partition coefficient (Wildman–Crippen LogP) is 3.36. The van der Waals surface area contributed by atoms with Gasteiger partial charge in [0.05, 0.1) is 30.9 Å². The lowest BCUT2D eigenvalue weighted by atomic mass is 10.2. The third kappa shape index (κ3) is 3.02. The molecule has 0 spiro atoms. The van der Waals surface area contributed by atoms with Crippen molar-refractivity contribution in [3.05, 3.63) is 52.8 Å². The number of nitrogens with zero attached hydrogens (tertiary/aromatic N) is 3. The van der Waals surface area contributed by atoms with Gasteiger partial charge in [0.25, 0.3) is 5.56 Å². The van der Waals surface area contributed by atoms with Crippen molar-refractivity contribution in [3.8, 4) is 28.6 Å². The first-order valence-corrected chi connectivity index (χ1v) is 9.26. The van der Waals surface area contributed by atoms with Gasteiger partial charge >= 0.3 is 0 Å². The molecule has 3 N–H and O–H groups in total. The second-order valence-corrected chi connectivity index (χ2v) is 6.99. The number of aromatic nitrogens is 4. The number of methoxy groups -OCH3 is 2. The topological polar surface area (TPSA) is 100 Å². The lowest BCUT2D eigenvalue weighted by molar-refractivity contribution is 0.392. The maximum absolute atomic E-state index is 13.5. The van der Waals surface area contributed by atoms with Crippen LogP contribution in [0, 0.1) is 0 Å². The van der Waals surface area contributed by atoms with Gasteiger partial charge in [-0.3, -0.25) is 9.48 Å². The number of imidazole rings is 1. The van der Waals surface area contributed by atoms with Gasteiger partial charge in [-0.2, -0.15) is 0 Å². The maximum Gasteiger partial charge on any atom is 0.284 e. The van der Waals surface area contributed by atoms with Crippen LogP contribution in [0.2, 0.25) is 0 Å². The average molecular weight is 393 g/mol. The third-order valence-corrected chi connectivity index (χ3v) is 4.82. The van der Waals surface area contributed by atoms with Crippen LogP contribution in [0.25, 0.3) is 28.1 Å². The highest BCUT2D eigenvalue weighted by Crippen LogP contribution is 2.30. The second-order valence-electron chi connectivity index (χ2n) is 6.99. The van der Waals surface area contributed by atoms with E-state index in [-0.39, 0.29) is 11.6 Å². The van der Waals surface area contributed by atoms with Gasteiger partial charge in [-0.25, -0.2) is 9.67 Å². The van der Waals surface area contributed by atoms with Gasteiger partial charge in [-0.05, 0) is 26.0 Å². The number of anilines is 1. The first-order chi connectivity index (χ1) is 13.9. The molecule has 0 amide bonds. The summed E-state index contributed by atoms with van der Waals surface area (Å²) in [5.74, 6) is 1.93. The van der Waals surface area contributed by atoms with Crippen LogP contribution < -0.4 is 20.8 Å². The fraction of sp³-hybridized carbons (Fsp3) is 0.238. The molecular weight excluding hydrogens is 370 g/mol. The van der Waals surface area contributed by atoms with Gasteiger partial charge in [0.2, 0.25) is 0 Å². The molecule has 4 aromatic rings. The molecule has 8 nitrogen and oxygen atoms in total. The molecule has 0 aliphatic carbocycles. The third-order valence-electron chi connectivity index (χ3n) is 4.82. The molecule has 0 saturated carbocycles. The molecule has 0 aliphatic rings. The van der Waals surface area contributed by atoms with E-state index in [0.29, 0.717) is 34.4 Å². The molecule has 2 aromatic carbocycles. The maximum atomic E-state index is 13.5. The molecule has 0 fully saturated rings. The van der Waals surface area contributed by atoms with Gasteiger partial charge in [-0.15, -0.1) is 0 Å². The van der Waals surface area contributed by atoms with E-state index in [4.69, 9.17) is 15.2 Å². The number of ether oxygens (including phenoxy) is 2. The van der Waals surface area contributed by atoms with Crippen LogP contribution >= 0.6 is 0 Å². The lowest BCUT2D eigenvalue weighted by Gasteiger charge is -2.17. The van der Waals surface area contributed by atoms with Crippen LogP contribution in [0.4, 0.5) is 5.82 Å². The minimum Gasteiger partial charge on any atom is -0.497 e. The van der Waals surface area contributed by atoms with E-state index in [0.717, 1.165) is 11.0 Å². The van der Waals surface area contributed by atoms with Crippen molar-refractivity contribution in [2.45, 2.75) is 19.9 Å². The lowest BCUT2D eigenvalue weighted by Crippen LogP contribution is -2.23. The van der Waals surface area contributed by atoms with Crippen LogP contribution in [-0.4, -0.2) is 33.6 Å². The Hall–Kier alpha value is -3.68. The highest BCUT2D eigenvalue weighted by atomic mass is 16.5. The summed E-state index contributed by atoms with van der Waals surface area (Å²) < 4.78 is 14.0. The van der Waals surface area contributed by atoms with E-state index >= 15 is 0 Å². The summed E-state index contributed by atoms with van der Waals surface area (Å²) in [5, 5.41) is 0. The predicted molar refractivity (Wildman–Crippen MR) is 113 cm³/mol. The number of H-pyrrole nitrogens is 1. The molecule has 0 atom stereocenters. The van der Waals surface area contributed by atoms with Crippen molar-refractivity contribution < 1.29 is 9.47 Å². The number of nitrogens with one attached hydrogen (secondary N) is 1. The highest BCUT2D eigenvalue weighted by Gasteiger charge is 2.24. The van der Waals surface area contributed by atoms with E-state index in [1.807, 2.05) is 38.1 Å². The molecule has 8 heteroatoms. The molecule has 0 saturated heterocycles. The Morgan fingerprint density at radius 3 is 2.31 bits per heavy atom. The van der Waals surface area contributed by atoms with E-state index in [1.165, 1.54) is 4.68 Å². The van der Waals surface area contributed by atoms with Gasteiger partial charge in [0.15, 0.2) is 0 Å². The van der Waals surface area contributed by atoms with E-state index in [1.54, 1.807) is 37.1 Å². The number of hydrogen-bond acceptors (Lipinski definition) is 5. The van der Waals surface area contributed by atoms with Gasteiger partial charge in [0, 0.05) is 24.2 Å². The summed E-state index contributed by atoms with van der Waals surface area (Å²) in [4.78, 5) is 21.3. The normalized spacial score (nSPS) is 11.3. The van der Waals surface area contributed by atoms with Crippen molar-refractivity contribution in [1.82, 2.24) is 19.3 Å². The Kier molecular flexibility index (Phi) is 4.54. The molecule has 4 rings (SSSR count). The molecule has 0 aliphatic heterocycles. The Labute approximate surface area is 167 Å². The summed E-state index contributed by atoms with van der Waals surface area (Å²) in [6.07, 6.45) is 0. The van der Waals surface area contributed by atoms with Crippen LogP contribution in [0.1, 0.15) is 19.9 Å². The number of nitrogens with two attached hydrogens (primary N) is 1. The zero-order valence-electron chi connectivity index (χ0n) is 16.8. The number of para-hydroxylation sites is 2. The van der Waals surface area contributed by atoms with Gasteiger partial charge in [-0.1, -0.05) is 12.1 Å². The molecular formula is C21H23N5O3. The average Bonchev–Trinajstić information content (AvgIpc) is 3.25. The molecule has 0 unspecified atom stereocenters. The molecule has 150 valence electrons. The van der Waals surface area contributed by atoms with E-state index < -0.39 is 0 Å². The number of rotatable bonds is 5. The smallest absolute Gasteiger partial charge is 0.284 e. The summed E-state index contributed by atoms with van der Waals surface area (Å²) in [7, 11) is 3.13. The largest absolute Gasteiger partial charge is 0.497 e. The molecule has 2 heterocycles. The number of nitrogen functional groups attached to an aromatic ring is 1. The van der Waals surface area contributed by atoms with Crippen LogP contribution in [-0.2, 0) is 0 Å². The Balaban J connectivity index is 2.01. The van der Waals surface area contributed by atoms with Crippen LogP contribution in [0.3, 0.4) is 0 Å². The molecule has 0 radical (unpaired) electrons. The molecule has 0 bridgehead atoms. The highest BCUT2D eigenvalue weighted by molar-refractivity contribution is 5.81. The fourth-order valence-electron chi connectivity index (χ4n) is 3.49. The minimum atomic E-state index is -0.273. The summed E-state index contributed by atoms with van der Waals surface area (Å²) in [5.41, 5.74) is 8.72. The van der Waals surface area contributed by atoms with Crippen molar-refractivity contribution >= 4 is 16.9 Å². The van der Waals surface area contributed by atoms with Crippen molar-refractivity contribution in [2.75, 3.05) is 20.0 Å². The first-order valence-electron chi connectivity index (χ1n) is 9.26. The zero-order valence-corrected chi connectivity index (χ0v) is 16.8. The van der Waals surface area contributed by atoms with Crippen molar-refractivity contribution in [2.24, 2.45) is 0 Å². The van der Waals surface area contributed by atoms with Crippen molar-refractivity contribution in [3.63, 3.8) is 0 Å². The van der Waals surface area contributed by atoms with E-state index in [2.05, 4.69) is 9.97 Å². The number of benzene rings is 2. The van der Waals surface area contributed by atoms with Crippen molar-refractivity contribution in [1.29, 1.82) is 0 Å². The van der Waals surface area contributed by atoms with Gasteiger partial charge < -0.3 is 20.2 Å². The van der Waals surface area contributed by atoms with Crippen LogP contribution in [0.15, 0.2) is 47.3 Å². The number of hydrogen-bond donors (Lipinski definition) is 2. The molecule has 2 aromatic heterocycles. The van der Waals surface area contributed by atoms with Gasteiger partial charge in [0.1, 0.15) is 28.7 Å². The quantitative estimate of drug-likeness (QED) is 0.541. The zero-order chi connectivity index (χ0) is 20.7. The SMILES string of the molecule is COc1cc(OC)cc(-n2c(=O)c(-c3nc4ccccc4[nH]3)c(N)n2C(C)C)c1. The Bertz CT molecular complexity index is 1190. The number of fused-ring (bicyclic) bond motifs is 1.